The second kappa shape index (κ2) is 4.19. The highest BCUT2D eigenvalue weighted by Gasteiger charge is 2.34. The number of rotatable bonds is 5. The summed E-state index contributed by atoms with van der Waals surface area (Å²) < 4.78 is 0. The van der Waals surface area contributed by atoms with Gasteiger partial charge in [0.25, 0.3) is 0 Å². The van der Waals surface area contributed by atoms with Crippen LogP contribution in [0.1, 0.15) is 34.1 Å². The van der Waals surface area contributed by atoms with E-state index in [9.17, 15) is 5.11 Å². The van der Waals surface area contributed by atoms with Crippen LogP contribution in [0, 0.1) is 17.3 Å². The standard InChI is InChI=1S/C12H25NO/c1-9-6-11(9)7-13(5)8-12(3,4)10(2)14/h9-11,14H,6-8H2,1-5H3. The van der Waals surface area contributed by atoms with Crippen LogP contribution in [-0.2, 0) is 0 Å². The first kappa shape index (κ1) is 12.0. The third-order valence-electron chi connectivity index (χ3n) is 3.63. The van der Waals surface area contributed by atoms with Gasteiger partial charge in [-0.2, -0.15) is 0 Å². The molecule has 1 aliphatic carbocycles. The minimum Gasteiger partial charge on any atom is -0.393 e. The Balaban J connectivity index is 2.28. The van der Waals surface area contributed by atoms with Crippen molar-refractivity contribution in [1.29, 1.82) is 0 Å². The normalized spacial score (nSPS) is 29.4. The molecule has 0 bridgehead atoms. The molecule has 0 aliphatic heterocycles. The molecule has 0 amide bonds. The van der Waals surface area contributed by atoms with Crippen LogP contribution in [0.5, 0.6) is 0 Å². The van der Waals surface area contributed by atoms with Gasteiger partial charge in [0, 0.05) is 18.5 Å². The first-order valence-electron chi connectivity index (χ1n) is 5.69. The molecule has 1 aliphatic rings. The molecule has 0 aromatic rings. The Morgan fingerprint density at radius 1 is 1.50 bits per heavy atom. The van der Waals surface area contributed by atoms with Gasteiger partial charge in [-0.3, -0.25) is 0 Å². The van der Waals surface area contributed by atoms with Crippen LogP contribution in [0.15, 0.2) is 0 Å². The molecule has 2 nitrogen and oxygen atoms in total. The van der Waals surface area contributed by atoms with Gasteiger partial charge in [-0.05, 0) is 32.2 Å². The van der Waals surface area contributed by atoms with E-state index in [4.69, 9.17) is 0 Å². The van der Waals surface area contributed by atoms with Crippen LogP contribution in [0.3, 0.4) is 0 Å². The van der Waals surface area contributed by atoms with Crippen LogP contribution in [0.25, 0.3) is 0 Å². The lowest BCUT2D eigenvalue weighted by Crippen LogP contribution is -2.39. The lowest BCUT2D eigenvalue weighted by molar-refractivity contribution is 0.0396. The smallest absolute Gasteiger partial charge is 0.0575 e. The van der Waals surface area contributed by atoms with Gasteiger partial charge in [-0.1, -0.05) is 20.8 Å². The van der Waals surface area contributed by atoms with Crippen molar-refractivity contribution in [2.45, 2.75) is 40.2 Å². The minimum atomic E-state index is -0.235. The molecule has 0 saturated heterocycles. The average Bonchev–Trinajstić information content (AvgIpc) is 2.64. The lowest BCUT2D eigenvalue weighted by atomic mass is 9.87. The summed E-state index contributed by atoms with van der Waals surface area (Å²) in [5.74, 6) is 1.83. The molecule has 0 aromatic heterocycles. The van der Waals surface area contributed by atoms with Crippen molar-refractivity contribution in [2.75, 3.05) is 20.1 Å². The van der Waals surface area contributed by atoms with Crippen LogP contribution in [-0.4, -0.2) is 36.2 Å². The number of hydrogen-bond donors (Lipinski definition) is 1. The third-order valence-corrected chi connectivity index (χ3v) is 3.63. The first-order valence-corrected chi connectivity index (χ1v) is 5.69. The van der Waals surface area contributed by atoms with Gasteiger partial charge >= 0.3 is 0 Å². The van der Waals surface area contributed by atoms with Crippen LogP contribution in [0.4, 0.5) is 0 Å². The monoisotopic (exact) mass is 199 g/mol. The van der Waals surface area contributed by atoms with Gasteiger partial charge in [-0.25, -0.2) is 0 Å². The topological polar surface area (TPSA) is 23.5 Å². The molecule has 1 N–H and O–H groups in total. The number of nitrogens with zero attached hydrogens (tertiary/aromatic N) is 1. The van der Waals surface area contributed by atoms with Crippen molar-refractivity contribution in [3.63, 3.8) is 0 Å². The van der Waals surface area contributed by atoms with Crippen LogP contribution >= 0.6 is 0 Å². The molecule has 1 fully saturated rings. The predicted molar refractivity (Wildman–Crippen MR) is 60.2 cm³/mol. The van der Waals surface area contributed by atoms with E-state index in [0.29, 0.717) is 0 Å². The molecule has 0 radical (unpaired) electrons. The zero-order valence-corrected chi connectivity index (χ0v) is 10.2. The van der Waals surface area contributed by atoms with Gasteiger partial charge in [0.2, 0.25) is 0 Å². The Kier molecular flexibility index (Phi) is 3.59. The van der Waals surface area contributed by atoms with Gasteiger partial charge in [0.15, 0.2) is 0 Å². The van der Waals surface area contributed by atoms with Crippen molar-refractivity contribution < 1.29 is 5.11 Å². The largest absolute Gasteiger partial charge is 0.393 e. The second-order valence-corrected chi connectivity index (χ2v) is 5.83. The van der Waals surface area contributed by atoms with E-state index in [1.807, 2.05) is 6.92 Å². The van der Waals surface area contributed by atoms with E-state index >= 15 is 0 Å². The first-order chi connectivity index (χ1) is 6.33. The summed E-state index contributed by atoms with van der Waals surface area (Å²) in [6.07, 6.45) is 1.15. The Labute approximate surface area is 88.3 Å². The van der Waals surface area contributed by atoms with E-state index in [2.05, 4.69) is 32.7 Å². The molecule has 0 heterocycles. The van der Waals surface area contributed by atoms with Crippen molar-refractivity contribution in [2.24, 2.45) is 17.3 Å². The maximum atomic E-state index is 9.60. The zero-order valence-electron chi connectivity index (χ0n) is 10.2. The minimum absolute atomic E-state index is 0.00682. The second-order valence-electron chi connectivity index (χ2n) is 5.83. The Bertz CT molecular complexity index is 189. The number of aliphatic hydroxyl groups is 1. The molecule has 3 atom stereocenters. The molecule has 1 saturated carbocycles. The highest BCUT2D eigenvalue weighted by atomic mass is 16.3. The molecule has 3 unspecified atom stereocenters. The molecular formula is C12H25NO. The predicted octanol–water partition coefficient (Wildman–Crippen LogP) is 1.98. The Morgan fingerprint density at radius 3 is 2.36 bits per heavy atom. The summed E-state index contributed by atoms with van der Waals surface area (Å²) >= 11 is 0. The van der Waals surface area contributed by atoms with E-state index in [1.165, 1.54) is 13.0 Å². The quantitative estimate of drug-likeness (QED) is 0.732. The summed E-state index contributed by atoms with van der Waals surface area (Å²) in [5, 5.41) is 9.60. The Morgan fingerprint density at radius 2 is 2.00 bits per heavy atom. The average molecular weight is 199 g/mol. The van der Waals surface area contributed by atoms with Gasteiger partial charge in [0.1, 0.15) is 0 Å². The molecular weight excluding hydrogens is 174 g/mol. The van der Waals surface area contributed by atoms with E-state index in [1.54, 1.807) is 0 Å². The molecule has 14 heavy (non-hydrogen) atoms. The van der Waals surface area contributed by atoms with Gasteiger partial charge in [0.05, 0.1) is 6.10 Å². The maximum Gasteiger partial charge on any atom is 0.0575 e. The summed E-state index contributed by atoms with van der Waals surface area (Å²) in [5.41, 5.74) is 0.00682. The summed E-state index contributed by atoms with van der Waals surface area (Å²) in [7, 11) is 2.16. The fraction of sp³-hybridized carbons (Fsp3) is 1.00. The van der Waals surface area contributed by atoms with Crippen molar-refractivity contribution in [3.8, 4) is 0 Å². The van der Waals surface area contributed by atoms with Crippen molar-refractivity contribution in [3.05, 3.63) is 0 Å². The molecule has 1 rings (SSSR count). The molecule has 84 valence electrons. The van der Waals surface area contributed by atoms with E-state index < -0.39 is 0 Å². The van der Waals surface area contributed by atoms with E-state index in [0.717, 1.165) is 18.4 Å². The van der Waals surface area contributed by atoms with Gasteiger partial charge < -0.3 is 10.0 Å². The fourth-order valence-electron chi connectivity index (χ4n) is 1.95. The van der Waals surface area contributed by atoms with Crippen LogP contribution in [0.2, 0.25) is 0 Å². The lowest BCUT2D eigenvalue weighted by Gasteiger charge is -2.32. The van der Waals surface area contributed by atoms with Crippen molar-refractivity contribution in [1.82, 2.24) is 4.90 Å². The third kappa shape index (κ3) is 3.25. The highest BCUT2D eigenvalue weighted by Crippen LogP contribution is 2.38. The number of hydrogen-bond acceptors (Lipinski definition) is 2. The molecule has 0 aromatic carbocycles. The Hall–Kier alpha value is -0.0800. The molecule has 2 heteroatoms. The summed E-state index contributed by atoms with van der Waals surface area (Å²) in [6, 6.07) is 0. The number of aliphatic hydroxyl groups excluding tert-OH is 1. The summed E-state index contributed by atoms with van der Waals surface area (Å²) in [4.78, 5) is 2.36. The van der Waals surface area contributed by atoms with Crippen LogP contribution < -0.4 is 0 Å². The zero-order chi connectivity index (χ0) is 10.9. The van der Waals surface area contributed by atoms with Gasteiger partial charge in [-0.15, -0.1) is 0 Å². The SMILES string of the molecule is CC1CC1CN(C)CC(C)(C)C(C)O. The van der Waals surface area contributed by atoms with Crippen molar-refractivity contribution >= 4 is 0 Å². The maximum absolute atomic E-state index is 9.60. The molecule has 0 spiro atoms. The highest BCUT2D eigenvalue weighted by molar-refractivity contribution is 4.86. The van der Waals surface area contributed by atoms with E-state index in [-0.39, 0.29) is 11.5 Å². The fourth-order valence-corrected chi connectivity index (χ4v) is 1.95. The summed E-state index contributed by atoms with van der Waals surface area (Å²) in [6.45, 7) is 10.6.